The molecule has 114 valence electrons. The minimum Gasteiger partial charge on any atom is -0.384 e. The summed E-state index contributed by atoms with van der Waals surface area (Å²) in [5.41, 5.74) is 1.08. The third-order valence-corrected chi connectivity index (χ3v) is 3.90. The number of rotatable bonds is 6. The second-order valence-electron chi connectivity index (χ2n) is 5.76. The number of hydrogen-bond donors (Lipinski definition) is 2. The van der Waals surface area contributed by atoms with Gasteiger partial charge in [-0.05, 0) is 30.5 Å². The molecule has 0 radical (unpaired) electrons. The van der Waals surface area contributed by atoms with E-state index in [2.05, 4.69) is 23.4 Å². The van der Waals surface area contributed by atoms with Crippen LogP contribution in [-0.2, 0) is 12.6 Å². The molecule has 5 heteroatoms. The minimum absolute atomic E-state index is 0.327. The number of halogens is 1. The topological polar surface area (TPSA) is 50.1 Å². The highest BCUT2D eigenvalue weighted by molar-refractivity contribution is 6.30. The summed E-state index contributed by atoms with van der Waals surface area (Å²) in [5, 5.41) is 18.7. The van der Waals surface area contributed by atoms with Crippen molar-refractivity contribution in [3.8, 4) is 0 Å². The Morgan fingerprint density at radius 2 is 2.24 bits per heavy atom. The molecule has 4 nitrogen and oxygen atoms in total. The second-order valence-corrected chi connectivity index (χ2v) is 6.20. The average Bonchev–Trinajstić information content (AvgIpc) is 2.86. The fraction of sp³-hybridized carbons (Fsp3) is 0.438. The number of nitrogens with one attached hydrogen (secondary N) is 1. The Bertz CT molecular complexity index is 595. The van der Waals surface area contributed by atoms with Crippen LogP contribution < -0.4 is 5.32 Å². The minimum atomic E-state index is -0.928. The smallest absolute Gasteiger partial charge is 0.102 e. The number of nitrogens with zero attached hydrogens (tertiary/aromatic N) is 2. The lowest BCUT2D eigenvalue weighted by molar-refractivity contribution is 0.0568. The molecule has 0 fully saturated rings. The van der Waals surface area contributed by atoms with Gasteiger partial charge in [0.15, 0.2) is 0 Å². The van der Waals surface area contributed by atoms with Crippen LogP contribution in [0.1, 0.15) is 30.9 Å². The molecule has 1 aromatic heterocycles. The van der Waals surface area contributed by atoms with Gasteiger partial charge >= 0.3 is 0 Å². The van der Waals surface area contributed by atoms with E-state index < -0.39 is 5.60 Å². The van der Waals surface area contributed by atoms with Crippen molar-refractivity contribution in [3.05, 3.63) is 52.8 Å². The van der Waals surface area contributed by atoms with Gasteiger partial charge in [0.1, 0.15) is 5.60 Å². The molecule has 0 spiro atoms. The molecule has 0 aliphatic heterocycles. The van der Waals surface area contributed by atoms with E-state index in [1.54, 1.807) is 17.8 Å². The van der Waals surface area contributed by atoms with Crippen molar-refractivity contribution in [3.63, 3.8) is 0 Å². The van der Waals surface area contributed by atoms with E-state index >= 15 is 0 Å². The first-order chi connectivity index (χ1) is 9.88. The molecule has 1 aromatic carbocycles. The predicted octanol–water partition coefficient (Wildman–Crippen LogP) is 2.67. The molecule has 2 N–H and O–H groups in total. The van der Waals surface area contributed by atoms with E-state index in [0.29, 0.717) is 12.5 Å². The highest BCUT2D eigenvalue weighted by Gasteiger charge is 2.24. The third kappa shape index (κ3) is 4.30. The van der Waals surface area contributed by atoms with Gasteiger partial charge in [0, 0.05) is 36.9 Å². The monoisotopic (exact) mass is 307 g/mol. The zero-order valence-electron chi connectivity index (χ0n) is 12.7. The number of aliphatic hydroxyl groups is 1. The summed E-state index contributed by atoms with van der Waals surface area (Å²) >= 11 is 6.01. The lowest BCUT2D eigenvalue weighted by Gasteiger charge is -2.23. The van der Waals surface area contributed by atoms with Gasteiger partial charge in [-0.1, -0.05) is 30.7 Å². The summed E-state index contributed by atoms with van der Waals surface area (Å²) in [5.74, 6) is 0.327. The van der Waals surface area contributed by atoms with Crippen LogP contribution in [0.4, 0.5) is 0 Å². The van der Waals surface area contributed by atoms with Gasteiger partial charge in [-0.2, -0.15) is 5.10 Å². The van der Waals surface area contributed by atoms with Crippen molar-refractivity contribution in [2.75, 3.05) is 13.1 Å². The fourth-order valence-corrected chi connectivity index (χ4v) is 2.46. The van der Waals surface area contributed by atoms with Crippen molar-refractivity contribution in [1.82, 2.24) is 15.1 Å². The first-order valence-corrected chi connectivity index (χ1v) is 7.44. The van der Waals surface area contributed by atoms with E-state index in [4.69, 9.17) is 11.6 Å². The first kappa shape index (κ1) is 16.0. The summed E-state index contributed by atoms with van der Waals surface area (Å²) in [7, 11) is 1.84. The van der Waals surface area contributed by atoms with Crippen LogP contribution in [0.15, 0.2) is 36.7 Å². The van der Waals surface area contributed by atoms with Crippen molar-refractivity contribution in [1.29, 1.82) is 0 Å². The van der Waals surface area contributed by atoms with Gasteiger partial charge in [0.2, 0.25) is 0 Å². The molecule has 0 unspecified atom stereocenters. The van der Waals surface area contributed by atoms with E-state index in [-0.39, 0.29) is 0 Å². The molecule has 0 aliphatic rings. The van der Waals surface area contributed by atoms with Crippen LogP contribution in [0.5, 0.6) is 0 Å². The van der Waals surface area contributed by atoms with Gasteiger partial charge in [0.05, 0.1) is 6.20 Å². The van der Waals surface area contributed by atoms with Crippen LogP contribution >= 0.6 is 11.6 Å². The van der Waals surface area contributed by atoms with E-state index in [0.717, 1.165) is 17.1 Å². The summed E-state index contributed by atoms with van der Waals surface area (Å²) < 4.78 is 1.69. The average molecular weight is 308 g/mol. The van der Waals surface area contributed by atoms with Crippen LogP contribution in [0.2, 0.25) is 5.02 Å². The standard InChI is InChI=1S/C16H22ClN3O/c1-12(13-5-4-6-15(17)7-13)8-18-11-16(2,21)14-9-19-20(3)10-14/h4-7,9-10,12,18,21H,8,11H2,1-3H3/t12-,16-/m1/s1. The number of hydrogen-bond acceptors (Lipinski definition) is 3. The molecule has 0 aliphatic carbocycles. The fourth-order valence-electron chi connectivity index (χ4n) is 2.26. The molecular formula is C16H22ClN3O. The zero-order chi connectivity index (χ0) is 15.5. The molecule has 0 amide bonds. The zero-order valence-corrected chi connectivity index (χ0v) is 13.4. The lowest BCUT2D eigenvalue weighted by Crippen LogP contribution is -2.36. The van der Waals surface area contributed by atoms with Crippen LogP contribution in [0.3, 0.4) is 0 Å². The molecule has 2 atom stereocenters. The van der Waals surface area contributed by atoms with Gasteiger partial charge in [-0.3, -0.25) is 4.68 Å². The summed E-state index contributed by atoms with van der Waals surface area (Å²) in [6, 6.07) is 7.88. The molecule has 0 saturated carbocycles. The van der Waals surface area contributed by atoms with Crippen LogP contribution in [0.25, 0.3) is 0 Å². The molecule has 1 heterocycles. The number of aromatic nitrogens is 2. The Balaban J connectivity index is 1.89. The molecule has 2 rings (SSSR count). The van der Waals surface area contributed by atoms with Crippen LogP contribution in [0, 0.1) is 0 Å². The van der Waals surface area contributed by atoms with Gasteiger partial charge in [0.25, 0.3) is 0 Å². The summed E-state index contributed by atoms with van der Waals surface area (Å²) in [6.07, 6.45) is 3.53. The molecule has 2 aromatic rings. The Labute approximate surface area is 130 Å². The maximum Gasteiger partial charge on any atom is 0.102 e. The van der Waals surface area contributed by atoms with Crippen molar-refractivity contribution >= 4 is 11.6 Å². The van der Waals surface area contributed by atoms with Crippen LogP contribution in [-0.4, -0.2) is 28.0 Å². The maximum atomic E-state index is 10.5. The van der Waals surface area contributed by atoms with E-state index in [1.807, 2.05) is 31.4 Å². The van der Waals surface area contributed by atoms with Crippen molar-refractivity contribution in [2.45, 2.75) is 25.4 Å². The normalized spacial score (nSPS) is 15.7. The van der Waals surface area contributed by atoms with E-state index in [1.165, 1.54) is 5.56 Å². The quantitative estimate of drug-likeness (QED) is 0.862. The lowest BCUT2D eigenvalue weighted by atomic mass is 9.98. The molecule has 0 bridgehead atoms. The summed E-state index contributed by atoms with van der Waals surface area (Å²) in [6.45, 7) is 5.18. The largest absolute Gasteiger partial charge is 0.384 e. The predicted molar refractivity (Wildman–Crippen MR) is 85.5 cm³/mol. The Hall–Kier alpha value is -1.36. The highest BCUT2D eigenvalue weighted by atomic mass is 35.5. The highest BCUT2D eigenvalue weighted by Crippen LogP contribution is 2.21. The molecular weight excluding hydrogens is 286 g/mol. The Morgan fingerprint density at radius 1 is 1.48 bits per heavy atom. The maximum absolute atomic E-state index is 10.5. The first-order valence-electron chi connectivity index (χ1n) is 7.06. The molecule has 21 heavy (non-hydrogen) atoms. The summed E-state index contributed by atoms with van der Waals surface area (Å²) in [4.78, 5) is 0. The van der Waals surface area contributed by atoms with Gasteiger partial charge in [-0.15, -0.1) is 0 Å². The second kappa shape index (κ2) is 6.60. The van der Waals surface area contributed by atoms with E-state index in [9.17, 15) is 5.11 Å². The Morgan fingerprint density at radius 3 is 2.86 bits per heavy atom. The van der Waals surface area contributed by atoms with Gasteiger partial charge in [-0.25, -0.2) is 0 Å². The number of benzene rings is 1. The third-order valence-electron chi connectivity index (χ3n) is 3.66. The van der Waals surface area contributed by atoms with Crippen molar-refractivity contribution in [2.24, 2.45) is 7.05 Å². The number of aryl methyl sites for hydroxylation is 1. The Kier molecular flexibility index (Phi) is 5.04. The van der Waals surface area contributed by atoms with Crippen molar-refractivity contribution < 1.29 is 5.11 Å². The SMILES string of the molecule is C[C@H](CNC[C@@](C)(O)c1cnn(C)c1)c1cccc(Cl)c1. The van der Waals surface area contributed by atoms with Gasteiger partial charge < -0.3 is 10.4 Å². The molecule has 0 saturated heterocycles.